The first-order valence-corrected chi connectivity index (χ1v) is 6.35. The molecule has 1 saturated carbocycles. The Hall–Kier alpha value is -0.780. The normalized spacial score (nSPS) is 20.1. The maximum Gasteiger partial charge on any atom is -0.00725 e. The second-order valence-electron chi connectivity index (χ2n) is 5.13. The highest BCUT2D eigenvalue weighted by Gasteiger charge is 2.29. The van der Waals surface area contributed by atoms with Crippen LogP contribution >= 0.6 is 0 Å². The van der Waals surface area contributed by atoms with Gasteiger partial charge in [0.2, 0.25) is 0 Å². The van der Waals surface area contributed by atoms with Gasteiger partial charge in [0.15, 0.2) is 0 Å². The van der Waals surface area contributed by atoms with Crippen molar-refractivity contribution in [1.29, 1.82) is 0 Å². The Bertz CT molecular complexity index is 319. The van der Waals surface area contributed by atoms with Gasteiger partial charge < -0.3 is 0 Å². The summed E-state index contributed by atoms with van der Waals surface area (Å²) in [6.07, 6.45) is 8.19. The van der Waals surface area contributed by atoms with Gasteiger partial charge in [-0.1, -0.05) is 57.4 Å². The molecule has 0 bridgehead atoms. The minimum Gasteiger partial charge on any atom is -0.0620 e. The van der Waals surface area contributed by atoms with Crippen LogP contribution in [0.1, 0.15) is 57.1 Å². The molecular weight excluding hydrogens is 180 g/mol. The zero-order chi connectivity index (χ0) is 10.7. The summed E-state index contributed by atoms with van der Waals surface area (Å²) in [6, 6.07) is 9.03. The third-order valence-electron chi connectivity index (χ3n) is 4.01. The van der Waals surface area contributed by atoms with E-state index in [2.05, 4.69) is 38.1 Å². The summed E-state index contributed by atoms with van der Waals surface area (Å²) in [5, 5.41) is 0. The van der Waals surface area contributed by atoms with Crippen LogP contribution in [0.25, 0.3) is 0 Å². The highest BCUT2D eigenvalue weighted by molar-refractivity contribution is 5.34. The molecule has 2 rings (SSSR count). The predicted molar refractivity (Wildman–Crippen MR) is 66.3 cm³/mol. The van der Waals surface area contributed by atoms with Gasteiger partial charge in [-0.15, -0.1) is 0 Å². The summed E-state index contributed by atoms with van der Waals surface area (Å²) >= 11 is 0. The zero-order valence-electron chi connectivity index (χ0n) is 10.1. The number of aryl methyl sites for hydroxylation is 1. The van der Waals surface area contributed by atoms with Gasteiger partial charge in [-0.25, -0.2) is 0 Å². The lowest BCUT2D eigenvalue weighted by atomic mass is 9.69. The number of hydrogen-bond donors (Lipinski definition) is 0. The maximum atomic E-state index is 2.46. The molecule has 1 aromatic rings. The zero-order valence-corrected chi connectivity index (χ0v) is 10.1. The van der Waals surface area contributed by atoms with E-state index in [0.29, 0.717) is 5.41 Å². The first-order chi connectivity index (χ1) is 7.26. The average Bonchev–Trinajstić information content (AvgIpc) is 2.30. The first-order valence-electron chi connectivity index (χ1n) is 6.35. The van der Waals surface area contributed by atoms with Crippen molar-refractivity contribution in [3.63, 3.8) is 0 Å². The van der Waals surface area contributed by atoms with E-state index < -0.39 is 0 Å². The van der Waals surface area contributed by atoms with Gasteiger partial charge in [-0.05, 0) is 35.8 Å². The molecule has 0 aliphatic heterocycles. The van der Waals surface area contributed by atoms with Crippen LogP contribution in [0.2, 0.25) is 0 Å². The summed E-state index contributed by atoms with van der Waals surface area (Å²) in [6.45, 7) is 4.73. The quantitative estimate of drug-likeness (QED) is 0.663. The average molecular weight is 202 g/mol. The molecule has 1 fully saturated rings. The first kappa shape index (κ1) is 10.7. The summed E-state index contributed by atoms with van der Waals surface area (Å²) in [4.78, 5) is 0. The van der Waals surface area contributed by atoms with E-state index in [9.17, 15) is 0 Å². The molecule has 0 aromatic heterocycles. The van der Waals surface area contributed by atoms with Gasteiger partial charge in [-0.2, -0.15) is 0 Å². The Kier molecular flexibility index (Phi) is 3.14. The molecule has 0 N–H and O–H groups in total. The van der Waals surface area contributed by atoms with Crippen molar-refractivity contribution < 1.29 is 0 Å². The molecule has 0 saturated heterocycles. The molecule has 1 aliphatic rings. The summed E-state index contributed by atoms with van der Waals surface area (Å²) in [5.74, 6) is 0. The van der Waals surface area contributed by atoms with Gasteiger partial charge in [0, 0.05) is 0 Å². The Labute approximate surface area is 93.7 Å². The van der Waals surface area contributed by atoms with Crippen molar-refractivity contribution in [2.24, 2.45) is 0 Å². The fourth-order valence-corrected chi connectivity index (χ4v) is 3.02. The van der Waals surface area contributed by atoms with E-state index in [4.69, 9.17) is 0 Å². The molecule has 82 valence electrons. The van der Waals surface area contributed by atoms with Gasteiger partial charge in [-0.3, -0.25) is 0 Å². The molecule has 1 aromatic carbocycles. The van der Waals surface area contributed by atoms with Crippen LogP contribution in [0.15, 0.2) is 24.3 Å². The summed E-state index contributed by atoms with van der Waals surface area (Å²) < 4.78 is 0. The monoisotopic (exact) mass is 202 g/mol. The third-order valence-corrected chi connectivity index (χ3v) is 4.01. The van der Waals surface area contributed by atoms with Crippen LogP contribution in [0.5, 0.6) is 0 Å². The van der Waals surface area contributed by atoms with Crippen molar-refractivity contribution in [2.75, 3.05) is 0 Å². The lowest BCUT2D eigenvalue weighted by molar-refractivity contribution is 0.318. The molecule has 0 radical (unpaired) electrons. The second kappa shape index (κ2) is 4.38. The van der Waals surface area contributed by atoms with Crippen molar-refractivity contribution in [1.82, 2.24) is 0 Å². The van der Waals surface area contributed by atoms with Crippen molar-refractivity contribution in [2.45, 2.75) is 57.8 Å². The lowest BCUT2D eigenvalue weighted by Crippen LogP contribution is -2.26. The van der Waals surface area contributed by atoms with Gasteiger partial charge >= 0.3 is 0 Å². The van der Waals surface area contributed by atoms with Crippen LogP contribution in [0, 0.1) is 0 Å². The van der Waals surface area contributed by atoms with E-state index in [-0.39, 0.29) is 0 Å². The van der Waals surface area contributed by atoms with E-state index in [1.54, 1.807) is 11.1 Å². The smallest absolute Gasteiger partial charge is 0.00725 e. The molecule has 1 aliphatic carbocycles. The Morgan fingerprint density at radius 2 is 1.73 bits per heavy atom. The molecule has 0 nitrogen and oxygen atoms in total. The van der Waals surface area contributed by atoms with Gasteiger partial charge in [0.1, 0.15) is 0 Å². The number of rotatable bonds is 2. The van der Waals surface area contributed by atoms with Crippen LogP contribution in [0.4, 0.5) is 0 Å². The van der Waals surface area contributed by atoms with Crippen molar-refractivity contribution in [3.8, 4) is 0 Å². The third kappa shape index (κ3) is 2.09. The van der Waals surface area contributed by atoms with Crippen LogP contribution < -0.4 is 0 Å². The second-order valence-corrected chi connectivity index (χ2v) is 5.13. The maximum absolute atomic E-state index is 2.46. The molecule has 0 unspecified atom stereocenters. The molecule has 0 spiro atoms. The largest absolute Gasteiger partial charge is 0.0620 e. The number of benzene rings is 1. The Morgan fingerprint density at radius 1 is 1.07 bits per heavy atom. The van der Waals surface area contributed by atoms with Crippen LogP contribution in [-0.4, -0.2) is 0 Å². The highest BCUT2D eigenvalue weighted by Crippen LogP contribution is 2.40. The van der Waals surface area contributed by atoms with E-state index in [0.717, 1.165) is 0 Å². The van der Waals surface area contributed by atoms with Gasteiger partial charge in [0.25, 0.3) is 0 Å². The van der Waals surface area contributed by atoms with Gasteiger partial charge in [0.05, 0.1) is 0 Å². The summed E-state index contributed by atoms with van der Waals surface area (Å²) in [7, 11) is 0. The molecule has 15 heavy (non-hydrogen) atoms. The molecule has 0 atom stereocenters. The topological polar surface area (TPSA) is 0 Å². The molecule has 0 heterocycles. The fourth-order valence-electron chi connectivity index (χ4n) is 3.02. The van der Waals surface area contributed by atoms with E-state index in [1.165, 1.54) is 38.5 Å². The van der Waals surface area contributed by atoms with Crippen molar-refractivity contribution in [3.05, 3.63) is 35.4 Å². The van der Waals surface area contributed by atoms with Crippen LogP contribution in [0.3, 0.4) is 0 Å². The Balaban J connectivity index is 2.34. The lowest BCUT2D eigenvalue weighted by Gasteiger charge is -2.35. The van der Waals surface area contributed by atoms with Crippen LogP contribution in [-0.2, 0) is 11.8 Å². The van der Waals surface area contributed by atoms with E-state index >= 15 is 0 Å². The standard InChI is InChI=1S/C15H22/c1-3-13-9-5-6-10-14(13)15(2)11-7-4-8-12-15/h5-6,9-10H,3-4,7-8,11-12H2,1-2H3. The SMILES string of the molecule is CCc1ccccc1C1(C)CCCCC1. The van der Waals surface area contributed by atoms with Crippen molar-refractivity contribution >= 4 is 0 Å². The Morgan fingerprint density at radius 3 is 2.40 bits per heavy atom. The van der Waals surface area contributed by atoms with E-state index in [1.807, 2.05) is 0 Å². The number of hydrogen-bond acceptors (Lipinski definition) is 0. The molecular formula is C15H22. The minimum absolute atomic E-state index is 0.463. The fraction of sp³-hybridized carbons (Fsp3) is 0.600. The molecule has 0 amide bonds. The minimum atomic E-state index is 0.463. The highest BCUT2D eigenvalue weighted by atomic mass is 14.3. The summed E-state index contributed by atoms with van der Waals surface area (Å²) in [5.41, 5.74) is 3.64. The predicted octanol–water partition coefficient (Wildman–Crippen LogP) is 4.47. The molecule has 0 heteroatoms.